The van der Waals surface area contributed by atoms with Gasteiger partial charge in [0.25, 0.3) is 0 Å². The fourth-order valence-corrected chi connectivity index (χ4v) is 8.93. The molecule has 2 aromatic heterocycles. The second-order valence-corrected chi connectivity index (χ2v) is 17.5. The summed E-state index contributed by atoms with van der Waals surface area (Å²) in [6, 6.07) is 18.5. The zero-order valence-electron chi connectivity index (χ0n) is 24.9. The van der Waals surface area contributed by atoms with E-state index in [-0.39, 0.29) is 40.7 Å². The van der Waals surface area contributed by atoms with Crippen molar-refractivity contribution in [3.8, 4) is 0 Å². The van der Waals surface area contributed by atoms with Gasteiger partial charge in [-0.2, -0.15) is 11.6 Å². The largest absolute Gasteiger partial charge is 0.748 e. The summed E-state index contributed by atoms with van der Waals surface area (Å²) in [6.45, 7) is 21.1. The minimum absolute atomic E-state index is 0. The molecule has 0 fully saturated rings. The Labute approximate surface area is 250 Å². The van der Waals surface area contributed by atoms with Crippen LogP contribution >= 0.6 is 17.2 Å². The summed E-state index contributed by atoms with van der Waals surface area (Å²) in [5, 5.41) is -0.280. The molecule has 0 radical (unpaired) electrons. The third-order valence-corrected chi connectivity index (χ3v) is 11.3. The van der Waals surface area contributed by atoms with Crippen LogP contribution in [0.5, 0.6) is 0 Å². The number of rotatable bonds is 5. The quantitative estimate of drug-likeness (QED) is 0.131. The van der Waals surface area contributed by atoms with E-state index in [9.17, 15) is 0 Å². The molecule has 4 nitrogen and oxygen atoms in total. The Morgan fingerprint density at radius 2 is 1.10 bits per heavy atom. The van der Waals surface area contributed by atoms with Crippen molar-refractivity contribution < 1.29 is 17.1 Å². The summed E-state index contributed by atoms with van der Waals surface area (Å²) in [7, 11) is 2.69. The van der Waals surface area contributed by atoms with Crippen LogP contribution in [0.15, 0.2) is 79.4 Å². The molecule has 0 spiro atoms. The predicted octanol–water partition coefficient (Wildman–Crippen LogP) is 8.43. The van der Waals surface area contributed by atoms with E-state index in [1.54, 1.807) is 24.8 Å². The van der Waals surface area contributed by atoms with Crippen LogP contribution in [-0.2, 0) is 33.8 Å². The fraction of sp³-hybridized carbons (Fsp3) is 0.438. The topological polar surface area (TPSA) is 51.6 Å². The molecule has 0 aliphatic carbocycles. The van der Waals surface area contributed by atoms with Crippen LogP contribution in [0.25, 0.3) is 0 Å². The standard InChI is InChI=1S/C27H39N4P2.C5H5.Fe/c1-24(2,3)20-16-19(18-33(25(4,5)6)26(7,8)9)21(17-20)27(32,22-28-12-10-13-29-22)23-30-14-11-15-31-23;1-2-4-5-3-1;/h10-17H,18,32H2,1-9H3;1-5H;/q-1;-5;. The first-order valence-electron chi connectivity index (χ1n) is 13.2. The van der Waals surface area contributed by atoms with E-state index in [1.807, 2.05) is 42.5 Å². The first kappa shape index (κ1) is 33.4. The van der Waals surface area contributed by atoms with Gasteiger partial charge in [0.15, 0.2) is 0 Å². The van der Waals surface area contributed by atoms with Gasteiger partial charge >= 0.3 is 0 Å². The molecule has 7 heteroatoms. The monoisotopic (exact) mass is 602 g/mol. The van der Waals surface area contributed by atoms with Crippen LogP contribution in [0.1, 0.15) is 90.7 Å². The zero-order chi connectivity index (χ0) is 28.2. The molecule has 216 valence electrons. The van der Waals surface area contributed by atoms with E-state index in [1.165, 1.54) is 16.7 Å². The molecule has 4 aromatic rings. The third kappa shape index (κ3) is 8.37. The number of aromatic nitrogens is 4. The van der Waals surface area contributed by atoms with Gasteiger partial charge in [0.2, 0.25) is 0 Å². The van der Waals surface area contributed by atoms with Crippen molar-refractivity contribution in [1.82, 2.24) is 19.9 Å². The Kier molecular flexibility index (Phi) is 11.4. The Bertz CT molecular complexity index is 1180. The van der Waals surface area contributed by atoms with Crippen molar-refractivity contribution >= 4 is 17.2 Å². The summed E-state index contributed by atoms with van der Waals surface area (Å²) >= 11 is 0. The third-order valence-electron chi connectivity index (χ3n) is 6.61. The van der Waals surface area contributed by atoms with E-state index in [2.05, 4.69) is 104 Å². The molecule has 2 aromatic carbocycles. The minimum atomic E-state index is -0.724. The molecule has 39 heavy (non-hydrogen) atoms. The van der Waals surface area contributed by atoms with Gasteiger partial charge in [-0.15, -0.1) is 28.3 Å². The molecule has 0 amide bonds. The van der Waals surface area contributed by atoms with Gasteiger partial charge in [-0.05, 0) is 22.4 Å². The molecule has 0 bridgehead atoms. The molecule has 0 aliphatic rings. The van der Waals surface area contributed by atoms with Gasteiger partial charge in [-0.3, -0.25) is 0 Å². The molecule has 4 rings (SSSR count). The van der Waals surface area contributed by atoms with Crippen LogP contribution < -0.4 is 0 Å². The van der Waals surface area contributed by atoms with Crippen LogP contribution in [-0.4, -0.2) is 30.2 Å². The van der Waals surface area contributed by atoms with Gasteiger partial charge in [0.05, 0.1) is 0 Å². The average Bonchev–Trinajstić information content (AvgIpc) is 3.55. The van der Waals surface area contributed by atoms with Gasteiger partial charge in [-0.25, -0.2) is 26.0 Å². The van der Waals surface area contributed by atoms with E-state index < -0.39 is 5.16 Å². The maximum Gasteiger partial charge on any atom is 0.147 e. The Morgan fingerprint density at radius 1 is 0.718 bits per heavy atom. The summed E-state index contributed by atoms with van der Waals surface area (Å²) in [6.07, 6.45) is 8.23. The fourth-order valence-electron chi connectivity index (χ4n) is 4.80. The summed E-state index contributed by atoms with van der Waals surface area (Å²) in [4.78, 5) is 18.7. The number of hydrogen-bond acceptors (Lipinski definition) is 4. The van der Waals surface area contributed by atoms with Gasteiger partial charge in [0.1, 0.15) is 16.8 Å². The van der Waals surface area contributed by atoms with E-state index in [0.29, 0.717) is 11.6 Å². The molecule has 0 aliphatic heterocycles. The van der Waals surface area contributed by atoms with Crippen molar-refractivity contribution in [3.63, 3.8) is 0 Å². The average molecular weight is 603 g/mol. The van der Waals surface area contributed by atoms with Crippen molar-refractivity contribution in [2.24, 2.45) is 0 Å². The van der Waals surface area contributed by atoms with E-state index in [0.717, 1.165) is 6.16 Å². The van der Waals surface area contributed by atoms with Crippen LogP contribution in [0, 0.1) is 0 Å². The predicted molar refractivity (Wildman–Crippen MR) is 167 cm³/mol. The van der Waals surface area contributed by atoms with Crippen LogP contribution in [0.3, 0.4) is 0 Å². The molecule has 0 saturated heterocycles. The molecular formula is C32H44FeN4P2-6. The number of hydrogen-bond donors (Lipinski definition) is 0. The van der Waals surface area contributed by atoms with Crippen molar-refractivity contribution in [2.75, 3.05) is 0 Å². The van der Waals surface area contributed by atoms with Crippen LogP contribution in [0.4, 0.5) is 0 Å². The Morgan fingerprint density at radius 3 is 1.44 bits per heavy atom. The normalized spacial score (nSPS) is 12.5. The minimum Gasteiger partial charge on any atom is -0.748 e. The number of nitrogens with zero attached hydrogens (tertiary/aromatic N) is 4. The maximum atomic E-state index is 4.69. The maximum absolute atomic E-state index is 4.69. The first-order chi connectivity index (χ1) is 17.6. The van der Waals surface area contributed by atoms with E-state index in [4.69, 9.17) is 0 Å². The van der Waals surface area contributed by atoms with Crippen molar-refractivity contribution in [3.05, 3.63) is 108 Å². The summed E-state index contributed by atoms with van der Waals surface area (Å²) in [5.41, 5.74) is 3.89. The van der Waals surface area contributed by atoms with Crippen LogP contribution in [0.2, 0.25) is 0 Å². The second-order valence-electron chi connectivity index (χ2n) is 12.8. The molecular weight excluding hydrogens is 558 g/mol. The van der Waals surface area contributed by atoms with E-state index >= 15 is 0 Å². The van der Waals surface area contributed by atoms with Gasteiger partial charge < -0.3 is 30.3 Å². The molecule has 2 heterocycles. The smallest absolute Gasteiger partial charge is 0.147 e. The van der Waals surface area contributed by atoms with Gasteiger partial charge in [0, 0.05) is 41.9 Å². The molecule has 1 atom stereocenters. The zero-order valence-corrected chi connectivity index (χ0v) is 28.0. The molecule has 0 saturated carbocycles. The summed E-state index contributed by atoms with van der Waals surface area (Å²) in [5.74, 6) is 1.40. The second kappa shape index (κ2) is 13.3. The SMILES string of the molecule is CC(C)(C)c1cc(C(P)(c2ncccn2)c2ncccn2)[c-](CP(C(C)(C)C)C(C)(C)C)c1.[Fe].[cH-]1[cH-][cH-][cH-][cH-]1. The molecule has 0 N–H and O–H groups in total. The summed E-state index contributed by atoms with van der Waals surface area (Å²) < 4.78 is 0. The Hall–Kier alpha value is -1.76. The molecule has 1 unspecified atom stereocenters. The Balaban J connectivity index is 0.000000797. The van der Waals surface area contributed by atoms with Crippen molar-refractivity contribution in [1.29, 1.82) is 0 Å². The van der Waals surface area contributed by atoms with Crippen molar-refractivity contribution in [2.45, 2.75) is 89.4 Å². The first-order valence-corrected chi connectivity index (χ1v) is 15.3. The van der Waals surface area contributed by atoms with Gasteiger partial charge in [-0.1, -0.05) is 73.9 Å².